The van der Waals surface area contributed by atoms with Gasteiger partial charge >= 0.3 is 6.03 Å². The summed E-state index contributed by atoms with van der Waals surface area (Å²) in [5, 5.41) is 17.9. The zero-order valence-corrected chi connectivity index (χ0v) is 14.1. The van der Waals surface area contributed by atoms with Crippen LogP contribution in [0.3, 0.4) is 0 Å². The number of urea groups is 1. The molecule has 132 valence electrons. The zero-order chi connectivity index (χ0) is 17.1. The zero-order valence-electron chi connectivity index (χ0n) is 14.1. The molecular formula is C15H29N5O3. The number of carbonyl (C=O) groups excluding carboxylic acids is 2. The molecule has 0 aromatic carbocycles. The number of nitrogens with one attached hydrogen (secondary N) is 3. The van der Waals surface area contributed by atoms with Crippen molar-refractivity contribution >= 4 is 17.9 Å². The maximum absolute atomic E-state index is 11.5. The molecule has 1 rings (SSSR count). The van der Waals surface area contributed by atoms with Gasteiger partial charge in [-0.15, -0.1) is 0 Å². The average molecular weight is 327 g/mol. The third-order valence-electron chi connectivity index (χ3n) is 3.65. The van der Waals surface area contributed by atoms with Crippen molar-refractivity contribution in [2.75, 3.05) is 39.3 Å². The highest BCUT2D eigenvalue weighted by Crippen LogP contribution is 2.10. The number of imide groups is 1. The van der Waals surface area contributed by atoms with Gasteiger partial charge in [0.1, 0.15) is 0 Å². The summed E-state index contributed by atoms with van der Waals surface area (Å²) in [6, 6.07) is -0.343. The van der Waals surface area contributed by atoms with E-state index in [9.17, 15) is 9.59 Å². The largest absolute Gasteiger partial charge is 0.396 e. The Bertz CT molecular complexity index is 392. The summed E-state index contributed by atoms with van der Waals surface area (Å²) in [6.45, 7) is 6.48. The van der Waals surface area contributed by atoms with Crippen LogP contribution in [0.15, 0.2) is 4.99 Å². The van der Waals surface area contributed by atoms with Gasteiger partial charge in [-0.25, -0.2) is 4.79 Å². The standard InChI is InChI=1S/C15H29N5O3/c1-3-5-12(6-9-21)10-18-14(16-4-2)17-7-8-20-13(22)11-19-15(20)23/h12,21H,3-11H2,1-2H3,(H,19,23)(H2,16,17,18). The van der Waals surface area contributed by atoms with Crippen LogP contribution >= 0.6 is 0 Å². The number of aliphatic hydroxyl groups excluding tert-OH is 1. The van der Waals surface area contributed by atoms with Crippen molar-refractivity contribution in [2.24, 2.45) is 10.9 Å². The summed E-state index contributed by atoms with van der Waals surface area (Å²) < 4.78 is 0. The van der Waals surface area contributed by atoms with Crippen LogP contribution in [0.25, 0.3) is 0 Å². The van der Waals surface area contributed by atoms with Crippen molar-refractivity contribution in [3.8, 4) is 0 Å². The lowest BCUT2D eigenvalue weighted by Gasteiger charge is -2.17. The first-order valence-corrected chi connectivity index (χ1v) is 8.33. The van der Waals surface area contributed by atoms with Crippen molar-refractivity contribution in [2.45, 2.75) is 33.1 Å². The van der Waals surface area contributed by atoms with Gasteiger partial charge in [0, 0.05) is 32.8 Å². The highest BCUT2D eigenvalue weighted by Gasteiger charge is 2.27. The highest BCUT2D eigenvalue weighted by molar-refractivity contribution is 6.01. The second-order valence-electron chi connectivity index (χ2n) is 5.52. The molecular weight excluding hydrogens is 298 g/mol. The first-order valence-electron chi connectivity index (χ1n) is 8.33. The molecule has 0 spiro atoms. The minimum absolute atomic E-state index is 0.0762. The highest BCUT2D eigenvalue weighted by atomic mass is 16.3. The number of hydrogen-bond acceptors (Lipinski definition) is 4. The van der Waals surface area contributed by atoms with Gasteiger partial charge in [0.15, 0.2) is 5.96 Å². The van der Waals surface area contributed by atoms with E-state index in [-0.39, 0.29) is 25.1 Å². The van der Waals surface area contributed by atoms with Crippen molar-refractivity contribution in [3.63, 3.8) is 0 Å². The fourth-order valence-electron chi connectivity index (χ4n) is 2.45. The molecule has 1 heterocycles. The molecule has 3 amide bonds. The number of aliphatic imine (C=N–C) groups is 1. The SMILES string of the molecule is CCCC(CCO)CN=C(NCC)NCCN1C(=O)CNC1=O. The fraction of sp³-hybridized carbons (Fsp3) is 0.800. The van der Waals surface area contributed by atoms with Crippen molar-refractivity contribution in [1.82, 2.24) is 20.9 Å². The van der Waals surface area contributed by atoms with Crippen molar-refractivity contribution < 1.29 is 14.7 Å². The Morgan fingerprint density at radius 3 is 2.70 bits per heavy atom. The molecule has 8 heteroatoms. The van der Waals surface area contributed by atoms with E-state index in [4.69, 9.17) is 5.11 Å². The summed E-state index contributed by atoms with van der Waals surface area (Å²) in [5.74, 6) is 0.828. The molecule has 0 saturated carbocycles. The predicted octanol–water partition coefficient (Wildman–Crippen LogP) is -0.108. The Labute approximate surface area is 137 Å². The van der Waals surface area contributed by atoms with Gasteiger partial charge in [0.2, 0.25) is 5.91 Å². The first-order chi connectivity index (χ1) is 11.1. The van der Waals surface area contributed by atoms with Crippen LogP contribution in [0, 0.1) is 5.92 Å². The summed E-state index contributed by atoms with van der Waals surface area (Å²) in [6.07, 6.45) is 2.85. The Balaban J connectivity index is 2.45. The number of aliphatic hydroxyl groups is 1. The van der Waals surface area contributed by atoms with Crippen molar-refractivity contribution in [3.05, 3.63) is 0 Å². The van der Waals surface area contributed by atoms with Gasteiger partial charge in [-0.05, 0) is 25.7 Å². The predicted molar refractivity (Wildman–Crippen MR) is 89.2 cm³/mol. The second-order valence-corrected chi connectivity index (χ2v) is 5.52. The van der Waals surface area contributed by atoms with Crippen LogP contribution in [0.1, 0.15) is 33.1 Å². The number of nitrogens with zero attached hydrogens (tertiary/aromatic N) is 2. The smallest absolute Gasteiger partial charge is 0.324 e. The van der Waals surface area contributed by atoms with Gasteiger partial charge in [-0.1, -0.05) is 13.3 Å². The van der Waals surface area contributed by atoms with E-state index in [1.807, 2.05) is 6.92 Å². The molecule has 23 heavy (non-hydrogen) atoms. The van der Waals surface area contributed by atoms with Gasteiger partial charge < -0.3 is 21.1 Å². The number of amides is 3. The Hall–Kier alpha value is -1.83. The third kappa shape index (κ3) is 6.85. The number of guanidine groups is 1. The number of hydrogen-bond donors (Lipinski definition) is 4. The molecule has 0 aromatic heterocycles. The number of carbonyl (C=O) groups is 2. The van der Waals surface area contributed by atoms with E-state index in [1.165, 1.54) is 4.90 Å². The monoisotopic (exact) mass is 327 g/mol. The van der Waals surface area contributed by atoms with E-state index < -0.39 is 0 Å². The van der Waals surface area contributed by atoms with E-state index in [0.29, 0.717) is 31.5 Å². The molecule has 8 nitrogen and oxygen atoms in total. The molecule has 1 aliphatic rings. The Morgan fingerprint density at radius 1 is 1.35 bits per heavy atom. The molecule has 1 saturated heterocycles. The van der Waals surface area contributed by atoms with Crippen LogP contribution in [-0.4, -0.2) is 67.2 Å². The number of rotatable bonds is 10. The van der Waals surface area contributed by atoms with Crippen LogP contribution < -0.4 is 16.0 Å². The quantitative estimate of drug-likeness (QED) is 0.255. The van der Waals surface area contributed by atoms with E-state index in [2.05, 4.69) is 27.9 Å². The first kappa shape index (κ1) is 19.2. The van der Waals surface area contributed by atoms with Gasteiger partial charge in [0.05, 0.1) is 6.54 Å². The van der Waals surface area contributed by atoms with Gasteiger partial charge in [-0.2, -0.15) is 0 Å². The fourth-order valence-corrected chi connectivity index (χ4v) is 2.45. The third-order valence-corrected chi connectivity index (χ3v) is 3.65. The summed E-state index contributed by atoms with van der Waals surface area (Å²) in [7, 11) is 0. The molecule has 1 atom stereocenters. The lowest BCUT2D eigenvalue weighted by atomic mass is 10.0. The average Bonchev–Trinajstić information content (AvgIpc) is 2.84. The van der Waals surface area contributed by atoms with E-state index in [1.54, 1.807) is 0 Å². The second kappa shape index (κ2) is 10.8. The molecule has 1 aliphatic heterocycles. The van der Waals surface area contributed by atoms with Crippen molar-refractivity contribution in [1.29, 1.82) is 0 Å². The normalized spacial score (nSPS) is 16.5. The van der Waals surface area contributed by atoms with Gasteiger partial charge in [0.25, 0.3) is 0 Å². The van der Waals surface area contributed by atoms with E-state index in [0.717, 1.165) is 25.8 Å². The lowest BCUT2D eigenvalue weighted by molar-refractivity contribution is -0.124. The maximum atomic E-state index is 11.5. The molecule has 0 aromatic rings. The van der Waals surface area contributed by atoms with Crippen LogP contribution in [-0.2, 0) is 4.79 Å². The summed E-state index contributed by atoms with van der Waals surface area (Å²) in [4.78, 5) is 28.7. The maximum Gasteiger partial charge on any atom is 0.324 e. The molecule has 0 bridgehead atoms. The Kier molecular flexibility index (Phi) is 9.04. The van der Waals surface area contributed by atoms with E-state index >= 15 is 0 Å². The molecule has 1 unspecified atom stereocenters. The minimum atomic E-state index is -0.343. The van der Waals surface area contributed by atoms with Crippen LogP contribution in [0.4, 0.5) is 4.79 Å². The molecule has 1 fully saturated rings. The molecule has 0 radical (unpaired) electrons. The van der Waals surface area contributed by atoms with Gasteiger partial charge in [-0.3, -0.25) is 14.7 Å². The Morgan fingerprint density at radius 2 is 2.13 bits per heavy atom. The van der Waals surface area contributed by atoms with Crippen LogP contribution in [0.2, 0.25) is 0 Å². The van der Waals surface area contributed by atoms with Crippen LogP contribution in [0.5, 0.6) is 0 Å². The summed E-state index contributed by atoms with van der Waals surface area (Å²) in [5.41, 5.74) is 0. The molecule has 4 N–H and O–H groups in total. The summed E-state index contributed by atoms with van der Waals surface area (Å²) >= 11 is 0. The molecule has 0 aliphatic carbocycles. The lowest BCUT2D eigenvalue weighted by Crippen LogP contribution is -2.43. The minimum Gasteiger partial charge on any atom is -0.396 e. The topological polar surface area (TPSA) is 106 Å².